The summed E-state index contributed by atoms with van der Waals surface area (Å²) in [5.74, 6) is -0.260. The summed E-state index contributed by atoms with van der Waals surface area (Å²) in [4.78, 5) is 22.1. The normalized spacial score (nSPS) is 10.7. The molecule has 0 aromatic rings. The van der Waals surface area contributed by atoms with Crippen LogP contribution in [0.1, 0.15) is 117 Å². The summed E-state index contributed by atoms with van der Waals surface area (Å²) >= 11 is 0. The molecule has 0 saturated carbocycles. The molecule has 0 aliphatic carbocycles. The summed E-state index contributed by atoms with van der Waals surface area (Å²) < 4.78 is 0. The second-order valence-corrected chi connectivity index (χ2v) is 7.56. The Balaban J connectivity index is 3.09. The molecule has 26 heavy (non-hydrogen) atoms. The largest absolute Gasteiger partial charge is 0.355 e. The molecule has 4 heteroatoms. The van der Waals surface area contributed by atoms with Crippen LogP contribution in [0, 0.1) is 0 Å². The number of carbonyl (C=O) groups is 2. The molecule has 0 heterocycles. The Morgan fingerprint density at radius 2 is 0.962 bits per heavy atom. The van der Waals surface area contributed by atoms with E-state index in [2.05, 4.69) is 17.6 Å². The number of amides is 2. The van der Waals surface area contributed by atoms with Crippen molar-refractivity contribution in [2.45, 2.75) is 117 Å². The van der Waals surface area contributed by atoms with E-state index in [9.17, 15) is 9.59 Å². The average Bonchev–Trinajstić information content (AvgIpc) is 2.62. The Kier molecular flexibility index (Phi) is 19.4. The van der Waals surface area contributed by atoms with Crippen LogP contribution in [0.2, 0.25) is 0 Å². The Morgan fingerprint density at radius 1 is 0.577 bits per heavy atom. The van der Waals surface area contributed by atoms with Gasteiger partial charge in [0.05, 0.1) is 6.54 Å². The van der Waals surface area contributed by atoms with Gasteiger partial charge < -0.3 is 10.6 Å². The van der Waals surface area contributed by atoms with Gasteiger partial charge in [-0.25, -0.2) is 0 Å². The Morgan fingerprint density at radius 3 is 1.35 bits per heavy atom. The van der Waals surface area contributed by atoms with Gasteiger partial charge in [-0.05, 0) is 6.42 Å². The van der Waals surface area contributed by atoms with Gasteiger partial charge in [0.15, 0.2) is 0 Å². The van der Waals surface area contributed by atoms with Crippen LogP contribution >= 0.6 is 0 Å². The Labute approximate surface area is 162 Å². The van der Waals surface area contributed by atoms with Gasteiger partial charge in [0.25, 0.3) is 0 Å². The predicted octanol–water partition coefficient (Wildman–Crippen LogP) is 5.50. The van der Waals surface area contributed by atoms with Gasteiger partial charge in [-0.3, -0.25) is 9.59 Å². The molecule has 0 aromatic carbocycles. The summed E-state index contributed by atoms with van der Waals surface area (Å²) in [7, 11) is 0. The summed E-state index contributed by atoms with van der Waals surface area (Å²) in [5.41, 5.74) is 0. The third-order valence-corrected chi connectivity index (χ3v) is 4.85. The molecule has 0 unspecified atom stereocenters. The molecule has 154 valence electrons. The summed E-state index contributed by atoms with van der Waals surface area (Å²) in [6, 6.07) is 0. The highest BCUT2D eigenvalue weighted by atomic mass is 16.2. The quantitative estimate of drug-likeness (QED) is 0.296. The van der Waals surface area contributed by atoms with Gasteiger partial charge in [-0.1, -0.05) is 103 Å². The SMILES string of the molecule is CCCCCCCCCCCCCCCCCCNC(=O)CNC(C)=O. The molecule has 0 radical (unpaired) electrons. The highest BCUT2D eigenvalue weighted by Gasteiger charge is 2.00. The van der Waals surface area contributed by atoms with Crippen LogP contribution in [0.25, 0.3) is 0 Å². The van der Waals surface area contributed by atoms with Crippen LogP contribution in [0.4, 0.5) is 0 Å². The van der Waals surface area contributed by atoms with E-state index in [1.807, 2.05) is 0 Å². The molecule has 0 aromatic heterocycles. The minimum Gasteiger partial charge on any atom is -0.355 e. The van der Waals surface area contributed by atoms with Crippen LogP contribution in [0.5, 0.6) is 0 Å². The van der Waals surface area contributed by atoms with E-state index >= 15 is 0 Å². The van der Waals surface area contributed by atoms with E-state index in [4.69, 9.17) is 0 Å². The average molecular weight is 369 g/mol. The van der Waals surface area contributed by atoms with Crippen LogP contribution < -0.4 is 10.6 Å². The highest BCUT2D eigenvalue weighted by molar-refractivity contribution is 5.83. The van der Waals surface area contributed by atoms with Crippen molar-refractivity contribution >= 4 is 11.8 Å². The number of carbonyl (C=O) groups excluding carboxylic acids is 2. The molecule has 0 saturated heterocycles. The van der Waals surface area contributed by atoms with Crippen LogP contribution in [-0.2, 0) is 9.59 Å². The van der Waals surface area contributed by atoms with Crippen molar-refractivity contribution < 1.29 is 9.59 Å². The molecule has 0 aliphatic rings. The first kappa shape index (κ1) is 24.9. The van der Waals surface area contributed by atoms with E-state index in [0.717, 1.165) is 13.0 Å². The maximum Gasteiger partial charge on any atom is 0.239 e. The van der Waals surface area contributed by atoms with Crippen molar-refractivity contribution in [1.82, 2.24) is 10.6 Å². The van der Waals surface area contributed by atoms with E-state index < -0.39 is 0 Å². The lowest BCUT2D eigenvalue weighted by atomic mass is 10.0. The maximum atomic E-state index is 11.4. The van der Waals surface area contributed by atoms with Crippen LogP contribution in [-0.4, -0.2) is 24.9 Å². The summed E-state index contributed by atoms with van der Waals surface area (Å²) in [5, 5.41) is 5.34. The topological polar surface area (TPSA) is 58.2 Å². The summed E-state index contributed by atoms with van der Waals surface area (Å²) in [6.45, 7) is 4.51. The Bertz CT molecular complexity index is 332. The van der Waals surface area contributed by atoms with Gasteiger partial charge in [0, 0.05) is 13.5 Å². The lowest BCUT2D eigenvalue weighted by molar-refractivity contribution is -0.125. The number of hydrogen-bond acceptors (Lipinski definition) is 2. The van der Waals surface area contributed by atoms with Crippen molar-refractivity contribution in [3.05, 3.63) is 0 Å². The second-order valence-electron chi connectivity index (χ2n) is 7.56. The first-order valence-corrected chi connectivity index (χ1v) is 11.2. The summed E-state index contributed by atoms with van der Waals surface area (Å²) in [6.07, 6.45) is 21.7. The van der Waals surface area contributed by atoms with E-state index in [1.165, 1.54) is 103 Å². The van der Waals surface area contributed by atoms with E-state index in [-0.39, 0.29) is 18.4 Å². The van der Waals surface area contributed by atoms with Crippen molar-refractivity contribution in [3.63, 3.8) is 0 Å². The molecule has 2 amide bonds. The molecule has 0 fully saturated rings. The van der Waals surface area contributed by atoms with Gasteiger partial charge in [-0.2, -0.15) is 0 Å². The van der Waals surface area contributed by atoms with E-state index in [1.54, 1.807) is 0 Å². The third-order valence-electron chi connectivity index (χ3n) is 4.85. The van der Waals surface area contributed by atoms with Crippen molar-refractivity contribution in [2.75, 3.05) is 13.1 Å². The fourth-order valence-electron chi connectivity index (χ4n) is 3.17. The van der Waals surface area contributed by atoms with Gasteiger partial charge in [-0.15, -0.1) is 0 Å². The van der Waals surface area contributed by atoms with Crippen molar-refractivity contribution in [3.8, 4) is 0 Å². The lowest BCUT2D eigenvalue weighted by Crippen LogP contribution is -2.36. The number of rotatable bonds is 19. The smallest absolute Gasteiger partial charge is 0.239 e. The first-order chi connectivity index (χ1) is 12.7. The van der Waals surface area contributed by atoms with Crippen LogP contribution in [0.3, 0.4) is 0 Å². The number of unbranched alkanes of at least 4 members (excludes halogenated alkanes) is 15. The van der Waals surface area contributed by atoms with Crippen molar-refractivity contribution in [2.24, 2.45) is 0 Å². The molecule has 2 N–H and O–H groups in total. The Hall–Kier alpha value is -1.06. The second kappa shape index (κ2) is 20.3. The predicted molar refractivity (Wildman–Crippen MR) is 111 cm³/mol. The fraction of sp³-hybridized carbons (Fsp3) is 0.909. The standard InChI is InChI=1S/C22H44N2O2/c1-3-4-5-6-7-8-9-10-11-12-13-14-15-16-17-18-19-23-22(26)20-24-21(2)25/h3-20H2,1-2H3,(H,23,26)(H,24,25). The highest BCUT2D eigenvalue weighted by Crippen LogP contribution is 2.13. The molecule has 0 spiro atoms. The first-order valence-electron chi connectivity index (χ1n) is 11.2. The van der Waals surface area contributed by atoms with Crippen molar-refractivity contribution in [1.29, 1.82) is 0 Å². The lowest BCUT2D eigenvalue weighted by Gasteiger charge is -2.06. The molecule has 4 nitrogen and oxygen atoms in total. The maximum absolute atomic E-state index is 11.4. The minimum atomic E-state index is -0.164. The zero-order chi connectivity index (χ0) is 19.3. The zero-order valence-electron chi connectivity index (χ0n) is 17.5. The minimum absolute atomic E-state index is 0.0915. The van der Waals surface area contributed by atoms with Gasteiger partial charge in [0.1, 0.15) is 0 Å². The number of hydrogen-bond donors (Lipinski definition) is 2. The monoisotopic (exact) mass is 368 g/mol. The zero-order valence-corrected chi connectivity index (χ0v) is 17.5. The molecule has 0 aliphatic heterocycles. The molecular formula is C22H44N2O2. The van der Waals surface area contributed by atoms with E-state index in [0.29, 0.717) is 0 Å². The fourth-order valence-corrected chi connectivity index (χ4v) is 3.17. The number of nitrogens with one attached hydrogen (secondary N) is 2. The molecular weight excluding hydrogens is 324 g/mol. The molecule has 0 rings (SSSR count). The van der Waals surface area contributed by atoms with Gasteiger partial charge >= 0.3 is 0 Å². The molecule has 0 bridgehead atoms. The third kappa shape index (κ3) is 21.0. The molecule has 0 atom stereocenters. The van der Waals surface area contributed by atoms with Gasteiger partial charge in [0.2, 0.25) is 11.8 Å². The van der Waals surface area contributed by atoms with Crippen LogP contribution in [0.15, 0.2) is 0 Å².